The summed E-state index contributed by atoms with van der Waals surface area (Å²) in [5.74, 6) is -0.333. The number of carbonyl (C=O) groups excluding carboxylic acids is 1. The molecule has 7 nitrogen and oxygen atoms in total. The van der Waals surface area contributed by atoms with Crippen molar-refractivity contribution in [2.75, 3.05) is 37.6 Å². The molecule has 0 aliphatic rings. The quantitative estimate of drug-likeness (QED) is 0.236. The summed E-state index contributed by atoms with van der Waals surface area (Å²) in [6, 6.07) is -0.859. The van der Waals surface area contributed by atoms with Gasteiger partial charge in [0.15, 0.2) is 0 Å². The van der Waals surface area contributed by atoms with E-state index in [1.807, 2.05) is 6.26 Å². The van der Waals surface area contributed by atoms with Gasteiger partial charge in [-0.2, -0.15) is 13.5 Å². The fourth-order valence-electron chi connectivity index (χ4n) is 1.39. The second-order valence-corrected chi connectivity index (χ2v) is 6.66. The van der Waals surface area contributed by atoms with Crippen LogP contribution < -0.4 is 18.1 Å². The SMILES string of the molecule is CCOC(=O)COCC(O)C[S+](C)CC[C@H](N)C(=O)O.Cl.S.[Cl-]. The van der Waals surface area contributed by atoms with Crippen molar-refractivity contribution >= 4 is 48.7 Å². The largest absolute Gasteiger partial charge is 1.00 e. The number of aliphatic hydroxyl groups is 1. The second-order valence-electron chi connectivity index (χ2n) is 4.36. The van der Waals surface area contributed by atoms with E-state index in [1.165, 1.54) is 0 Å². The van der Waals surface area contributed by atoms with Gasteiger partial charge in [0, 0.05) is 6.42 Å². The van der Waals surface area contributed by atoms with Gasteiger partial charge < -0.3 is 37.8 Å². The highest BCUT2D eigenvalue weighted by Gasteiger charge is 2.21. The minimum absolute atomic E-state index is 0. The lowest BCUT2D eigenvalue weighted by Gasteiger charge is -2.11. The van der Waals surface area contributed by atoms with Crippen LogP contribution in [0.2, 0.25) is 0 Å². The summed E-state index contributed by atoms with van der Waals surface area (Å²) in [5, 5.41) is 18.4. The first-order valence-electron chi connectivity index (χ1n) is 6.35. The number of ether oxygens (including phenoxy) is 2. The van der Waals surface area contributed by atoms with Crippen LogP contribution >= 0.6 is 25.9 Å². The van der Waals surface area contributed by atoms with Crippen LogP contribution in [0.5, 0.6) is 0 Å². The number of carbonyl (C=O) groups is 2. The summed E-state index contributed by atoms with van der Waals surface area (Å²) in [7, 11) is -0.144. The molecule has 0 spiro atoms. The average Bonchev–Trinajstić information content (AvgIpc) is 2.35. The predicted molar refractivity (Wildman–Crippen MR) is 94.3 cm³/mol. The zero-order valence-electron chi connectivity index (χ0n) is 13.2. The van der Waals surface area contributed by atoms with Gasteiger partial charge in [0.1, 0.15) is 30.3 Å². The molecule has 142 valence electrons. The van der Waals surface area contributed by atoms with Crippen LogP contribution in [0.4, 0.5) is 0 Å². The summed E-state index contributed by atoms with van der Waals surface area (Å²) in [6.07, 6.45) is 1.63. The highest BCUT2D eigenvalue weighted by atomic mass is 35.5. The standard InChI is InChI=1S/C12H23NO6S.2ClH.H2S/c1-3-19-11(15)7-18-6-9(14)8-20(2)5-4-10(13)12(16)17;;;/h9-10,14H,3-8,13H2,1-2H3;2*1H;1H2/t9?,10-,20?;;;/m0.../s1. The molecule has 0 amide bonds. The molecule has 0 aromatic carbocycles. The predicted octanol–water partition coefficient (Wildman–Crippen LogP) is -3.48. The van der Waals surface area contributed by atoms with E-state index >= 15 is 0 Å². The van der Waals surface area contributed by atoms with Gasteiger partial charge in [-0.05, 0) is 17.8 Å². The maximum absolute atomic E-state index is 11.0. The lowest BCUT2D eigenvalue weighted by Crippen LogP contribution is -3.00. The van der Waals surface area contributed by atoms with E-state index in [1.54, 1.807) is 6.92 Å². The van der Waals surface area contributed by atoms with E-state index < -0.39 is 24.1 Å². The molecule has 2 unspecified atom stereocenters. The summed E-state index contributed by atoms with van der Waals surface area (Å²) < 4.78 is 9.71. The molecule has 0 heterocycles. The van der Waals surface area contributed by atoms with Crippen molar-refractivity contribution in [3.05, 3.63) is 0 Å². The van der Waals surface area contributed by atoms with Crippen molar-refractivity contribution < 1.29 is 41.7 Å². The van der Waals surface area contributed by atoms with E-state index in [4.69, 9.17) is 15.6 Å². The Morgan fingerprint density at radius 3 is 2.39 bits per heavy atom. The van der Waals surface area contributed by atoms with E-state index in [0.29, 0.717) is 24.5 Å². The van der Waals surface area contributed by atoms with Crippen LogP contribution in [0.25, 0.3) is 0 Å². The average molecular weight is 416 g/mol. The topological polar surface area (TPSA) is 119 Å². The third kappa shape index (κ3) is 18.3. The van der Waals surface area contributed by atoms with Crippen molar-refractivity contribution in [3.63, 3.8) is 0 Å². The molecule has 4 N–H and O–H groups in total. The van der Waals surface area contributed by atoms with Crippen LogP contribution in [-0.2, 0) is 30.0 Å². The van der Waals surface area contributed by atoms with Gasteiger partial charge in [0.25, 0.3) is 0 Å². The summed E-state index contributed by atoms with van der Waals surface area (Å²) in [6.45, 7) is 1.89. The third-order valence-electron chi connectivity index (χ3n) is 2.41. The number of carboxylic acids is 1. The molecule has 0 saturated carbocycles. The lowest BCUT2D eigenvalue weighted by molar-refractivity contribution is -0.149. The van der Waals surface area contributed by atoms with Crippen molar-refractivity contribution in [3.8, 4) is 0 Å². The fraction of sp³-hybridized carbons (Fsp3) is 0.833. The van der Waals surface area contributed by atoms with Gasteiger partial charge in [-0.1, -0.05) is 0 Å². The Bertz CT molecular complexity index is 315. The summed E-state index contributed by atoms with van der Waals surface area (Å²) >= 11 is 0. The number of esters is 1. The highest BCUT2D eigenvalue weighted by molar-refractivity contribution is 7.96. The number of carboxylic acid groups (broad SMARTS) is 1. The number of nitrogens with two attached hydrogens (primary N) is 1. The third-order valence-corrected chi connectivity index (χ3v) is 4.29. The van der Waals surface area contributed by atoms with Gasteiger partial charge in [0.05, 0.1) is 19.5 Å². The number of halogens is 2. The number of aliphatic carboxylic acids is 1. The first-order chi connectivity index (χ1) is 9.36. The second kappa shape index (κ2) is 18.4. The van der Waals surface area contributed by atoms with Crippen LogP contribution in [0.3, 0.4) is 0 Å². The Balaban J connectivity index is -0.000000602. The Morgan fingerprint density at radius 2 is 1.91 bits per heavy atom. The van der Waals surface area contributed by atoms with Gasteiger partial charge >= 0.3 is 11.9 Å². The van der Waals surface area contributed by atoms with E-state index in [9.17, 15) is 14.7 Å². The molecular weight excluding hydrogens is 389 g/mol. The van der Waals surface area contributed by atoms with Gasteiger partial charge in [-0.15, -0.1) is 12.4 Å². The lowest BCUT2D eigenvalue weighted by atomic mass is 10.2. The Labute approximate surface area is 159 Å². The zero-order chi connectivity index (χ0) is 15.5. The smallest absolute Gasteiger partial charge is 0.332 e. The molecule has 0 bridgehead atoms. The number of rotatable bonds is 11. The highest BCUT2D eigenvalue weighted by Crippen LogP contribution is 2.01. The first-order valence-corrected chi connectivity index (χ1v) is 8.32. The van der Waals surface area contributed by atoms with Crippen LogP contribution in [-0.4, -0.2) is 71.9 Å². The zero-order valence-corrected chi connectivity index (χ0v) is 16.6. The van der Waals surface area contributed by atoms with Crippen molar-refractivity contribution in [2.45, 2.75) is 25.5 Å². The molecule has 0 fully saturated rings. The number of hydrogen-bond acceptors (Lipinski definition) is 6. The molecule has 0 saturated heterocycles. The van der Waals surface area contributed by atoms with Crippen LogP contribution in [0.1, 0.15) is 13.3 Å². The van der Waals surface area contributed by atoms with E-state index in [0.717, 1.165) is 0 Å². The van der Waals surface area contributed by atoms with E-state index in [-0.39, 0.29) is 62.4 Å². The number of hydrogen-bond donors (Lipinski definition) is 3. The molecule has 0 aliphatic heterocycles. The van der Waals surface area contributed by atoms with Crippen LogP contribution in [0.15, 0.2) is 0 Å². The molecule has 23 heavy (non-hydrogen) atoms. The number of aliphatic hydroxyl groups excluding tert-OH is 1. The molecule has 0 radical (unpaired) electrons. The minimum atomic E-state index is -1.01. The molecule has 0 aromatic heterocycles. The van der Waals surface area contributed by atoms with Crippen molar-refractivity contribution in [2.24, 2.45) is 5.73 Å². The van der Waals surface area contributed by atoms with Gasteiger partial charge in [-0.3, -0.25) is 4.79 Å². The van der Waals surface area contributed by atoms with Gasteiger partial charge in [0.2, 0.25) is 0 Å². The maximum Gasteiger partial charge on any atom is 0.332 e. The first kappa shape index (κ1) is 30.9. The Hall–Kier alpha value is 0.1000. The van der Waals surface area contributed by atoms with Gasteiger partial charge in [-0.25, -0.2) is 4.79 Å². The van der Waals surface area contributed by atoms with E-state index in [2.05, 4.69) is 4.74 Å². The molecule has 11 heteroatoms. The fourth-order valence-corrected chi connectivity index (χ4v) is 2.97. The molecule has 0 aliphatic carbocycles. The normalized spacial score (nSPS) is 13.4. The molecule has 0 aromatic rings. The maximum atomic E-state index is 11.0. The molecule has 3 atom stereocenters. The van der Waals surface area contributed by atoms with Crippen molar-refractivity contribution in [1.29, 1.82) is 0 Å². The Morgan fingerprint density at radius 1 is 1.35 bits per heavy atom. The molecular formula is C12H27Cl2NO6S2. The molecule has 0 rings (SSSR count). The summed E-state index contributed by atoms with van der Waals surface area (Å²) in [4.78, 5) is 21.5. The monoisotopic (exact) mass is 415 g/mol. The Kier molecular flexibility index (Phi) is 24.8. The van der Waals surface area contributed by atoms with Crippen LogP contribution in [0, 0.1) is 0 Å². The summed E-state index contributed by atoms with van der Waals surface area (Å²) in [5.41, 5.74) is 5.40. The van der Waals surface area contributed by atoms with Crippen molar-refractivity contribution in [1.82, 2.24) is 0 Å². The minimum Gasteiger partial charge on any atom is -1.00 e.